The molecule has 0 saturated heterocycles. The van der Waals surface area contributed by atoms with Gasteiger partial charge in [0.15, 0.2) is 5.69 Å². The first-order valence-corrected chi connectivity index (χ1v) is 7.12. The van der Waals surface area contributed by atoms with Crippen molar-refractivity contribution in [3.8, 4) is 0 Å². The monoisotopic (exact) mass is 278 g/mol. The van der Waals surface area contributed by atoms with E-state index in [-0.39, 0.29) is 23.4 Å². The molecule has 6 heteroatoms. The van der Waals surface area contributed by atoms with Crippen molar-refractivity contribution in [3.63, 3.8) is 0 Å². The van der Waals surface area contributed by atoms with E-state index in [4.69, 9.17) is 9.63 Å². The summed E-state index contributed by atoms with van der Waals surface area (Å²) in [5.74, 6) is -0.161. The van der Waals surface area contributed by atoms with Gasteiger partial charge in [-0.25, -0.2) is 0 Å². The van der Waals surface area contributed by atoms with Gasteiger partial charge in [0.25, 0.3) is 5.91 Å². The number of hydrogen-bond donors (Lipinski definition) is 2. The van der Waals surface area contributed by atoms with Crippen LogP contribution in [0.2, 0.25) is 0 Å². The summed E-state index contributed by atoms with van der Waals surface area (Å²) in [6, 6.07) is 1.69. The fourth-order valence-corrected chi connectivity index (χ4v) is 2.88. The van der Waals surface area contributed by atoms with Gasteiger partial charge in [-0.15, -0.1) is 0 Å². The number of nitrogens with one attached hydrogen (secondary N) is 1. The molecule has 1 aromatic rings. The minimum absolute atomic E-state index is 0.0197. The number of carboxylic acid groups (broad SMARTS) is 1. The molecular formula is C14H18N2O4. The Balaban J connectivity index is 1.54. The number of carbonyl (C=O) groups is 2. The van der Waals surface area contributed by atoms with Crippen LogP contribution < -0.4 is 5.32 Å². The average Bonchev–Trinajstić information content (AvgIpc) is 2.98. The van der Waals surface area contributed by atoms with Gasteiger partial charge in [0, 0.05) is 18.5 Å². The highest BCUT2D eigenvalue weighted by molar-refractivity contribution is 5.92. The van der Waals surface area contributed by atoms with Gasteiger partial charge in [0.1, 0.15) is 5.76 Å². The first-order valence-electron chi connectivity index (χ1n) is 7.12. The number of aromatic nitrogens is 1. The Morgan fingerprint density at radius 2 is 2.15 bits per heavy atom. The lowest BCUT2D eigenvalue weighted by molar-refractivity contribution is -0.142. The molecule has 2 aliphatic rings. The number of aliphatic carboxylic acids is 1. The lowest BCUT2D eigenvalue weighted by atomic mass is 9.96. The van der Waals surface area contributed by atoms with Crippen molar-refractivity contribution in [3.05, 3.63) is 17.5 Å². The summed E-state index contributed by atoms with van der Waals surface area (Å²) in [5, 5.41) is 15.6. The number of carboxylic acids is 1. The van der Waals surface area contributed by atoms with Crippen molar-refractivity contribution in [2.24, 2.45) is 11.8 Å². The van der Waals surface area contributed by atoms with Gasteiger partial charge in [-0.2, -0.15) is 0 Å². The molecule has 1 aromatic heterocycles. The van der Waals surface area contributed by atoms with Crippen molar-refractivity contribution in [1.82, 2.24) is 10.5 Å². The first-order chi connectivity index (χ1) is 9.65. The number of hydrogen-bond acceptors (Lipinski definition) is 4. The van der Waals surface area contributed by atoms with Crippen LogP contribution in [0.25, 0.3) is 0 Å². The highest BCUT2D eigenvalue weighted by atomic mass is 16.5. The number of nitrogens with zero attached hydrogens (tertiary/aromatic N) is 1. The highest BCUT2D eigenvalue weighted by Gasteiger charge is 2.33. The number of rotatable bonds is 5. The molecule has 108 valence electrons. The van der Waals surface area contributed by atoms with Crippen molar-refractivity contribution in [1.29, 1.82) is 0 Å². The van der Waals surface area contributed by atoms with Gasteiger partial charge >= 0.3 is 5.97 Å². The highest BCUT2D eigenvalue weighted by Crippen LogP contribution is 2.40. The van der Waals surface area contributed by atoms with Crippen LogP contribution in [-0.2, 0) is 4.79 Å². The molecule has 2 atom stereocenters. The second-order valence-corrected chi connectivity index (χ2v) is 5.73. The molecule has 6 nitrogen and oxygen atoms in total. The molecule has 0 radical (unpaired) electrons. The molecule has 0 spiro atoms. The Kier molecular flexibility index (Phi) is 3.46. The standard InChI is InChI=1S/C14H18N2O4/c17-13(11-6-12(20-16-11)8-4-5-8)15-7-9-2-1-3-10(9)14(18)19/h6,8-10H,1-5,7H2,(H,15,17)(H,18,19). The molecule has 20 heavy (non-hydrogen) atoms. The number of amides is 1. The normalized spacial score (nSPS) is 25.6. The van der Waals surface area contributed by atoms with E-state index in [1.165, 1.54) is 0 Å². The third-order valence-electron chi connectivity index (χ3n) is 4.24. The van der Waals surface area contributed by atoms with Gasteiger partial charge in [0.05, 0.1) is 5.92 Å². The predicted molar refractivity (Wildman–Crippen MR) is 69.3 cm³/mol. The third kappa shape index (κ3) is 2.69. The SMILES string of the molecule is O=C(NCC1CCCC1C(=O)O)c1cc(C2CC2)on1. The Morgan fingerprint density at radius 1 is 1.35 bits per heavy atom. The van der Waals surface area contributed by atoms with Gasteiger partial charge < -0.3 is 14.9 Å². The molecule has 1 amide bonds. The average molecular weight is 278 g/mol. The minimum Gasteiger partial charge on any atom is -0.481 e. The Labute approximate surface area is 116 Å². The first kappa shape index (κ1) is 13.1. The van der Waals surface area contributed by atoms with Crippen LogP contribution in [0.15, 0.2) is 10.6 Å². The van der Waals surface area contributed by atoms with Crippen LogP contribution in [0, 0.1) is 11.8 Å². The van der Waals surface area contributed by atoms with E-state index in [0.717, 1.165) is 31.4 Å². The number of carbonyl (C=O) groups excluding carboxylic acids is 1. The smallest absolute Gasteiger partial charge is 0.306 e. The van der Waals surface area contributed by atoms with Crippen molar-refractivity contribution >= 4 is 11.9 Å². The molecule has 2 aliphatic carbocycles. The second-order valence-electron chi connectivity index (χ2n) is 5.73. The zero-order valence-electron chi connectivity index (χ0n) is 11.2. The van der Waals surface area contributed by atoms with E-state index in [0.29, 0.717) is 18.9 Å². The van der Waals surface area contributed by atoms with Crippen LogP contribution in [0.3, 0.4) is 0 Å². The lowest BCUT2D eigenvalue weighted by Gasteiger charge is -2.15. The topological polar surface area (TPSA) is 92.4 Å². The molecule has 2 saturated carbocycles. The van der Waals surface area contributed by atoms with E-state index < -0.39 is 5.97 Å². The van der Waals surface area contributed by atoms with Crippen LogP contribution in [-0.4, -0.2) is 28.7 Å². The van der Waals surface area contributed by atoms with E-state index in [1.807, 2.05) is 0 Å². The summed E-state index contributed by atoms with van der Waals surface area (Å²) in [4.78, 5) is 23.0. The van der Waals surface area contributed by atoms with Crippen LogP contribution in [0.4, 0.5) is 0 Å². The van der Waals surface area contributed by atoms with Crippen molar-refractivity contribution < 1.29 is 19.2 Å². The van der Waals surface area contributed by atoms with Crippen LogP contribution in [0.5, 0.6) is 0 Å². The van der Waals surface area contributed by atoms with E-state index >= 15 is 0 Å². The zero-order chi connectivity index (χ0) is 14.1. The summed E-state index contributed by atoms with van der Waals surface area (Å²) < 4.78 is 5.14. The molecule has 0 aliphatic heterocycles. The maximum Gasteiger partial charge on any atom is 0.306 e. The maximum atomic E-state index is 12.0. The summed E-state index contributed by atoms with van der Waals surface area (Å²) in [5.41, 5.74) is 0.289. The molecule has 0 aromatic carbocycles. The van der Waals surface area contributed by atoms with Crippen LogP contribution >= 0.6 is 0 Å². The minimum atomic E-state index is -0.765. The third-order valence-corrected chi connectivity index (χ3v) is 4.24. The summed E-state index contributed by atoms with van der Waals surface area (Å²) >= 11 is 0. The fraction of sp³-hybridized carbons (Fsp3) is 0.643. The maximum absolute atomic E-state index is 12.0. The second kappa shape index (κ2) is 5.26. The van der Waals surface area contributed by atoms with Crippen LogP contribution in [0.1, 0.15) is 54.3 Å². The quantitative estimate of drug-likeness (QED) is 0.856. The summed E-state index contributed by atoms with van der Waals surface area (Å²) in [6.45, 7) is 0.390. The molecular weight excluding hydrogens is 260 g/mol. The van der Waals surface area contributed by atoms with Gasteiger partial charge in [-0.3, -0.25) is 9.59 Å². The van der Waals surface area contributed by atoms with E-state index in [9.17, 15) is 9.59 Å². The zero-order valence-corrected chi connectivity index (χ0v) is 11.2. The van der Waals surface area contributed by atoms with Crippen molar-refractivity contribution in [2.45, 2.75) is 38.0 Å². The van der Waals surface area contributed by atoms with E-state index in [1.54, 1.807) is 6.07 Å². The van der Waals surface area contributed by atoms with Gasteiger partial charge in [0.2, 0.25) is 0 Å². The largest absolute Gasteiger partial charge is 0.481 e. The lowest BCUT2D eigenvalue weighted by Crippen LogP contribution is -2.33. The predicted octanol–water partition coefficient (Wildman–Crippen LogP) is 1.78. The van der Waals surface area contributed by atoms with E-state index in [2.05, 4.69) is 10.5 Å². The Morgan fingerprint density at radius 3 is 2.85 bits per heavy atom. The Hall–Kier alpha value is -1.85. The fourth-order valence-electron chi connectivity index (χ4n) is 2.88. The van der Waals surface area contributed by atoms with Gasteiger partial charge in [-0.05, 0) is 31.6 Å². The van der Waals surface area contributed by atoms with Gasteiger partial charge in [-0.1, -0.05) is 11.6 Å². The molecule has 2 N–H and O–H groups in total. The molecule has 3 rings (SSSR count). The Bertz CT molecular complexity index is 521. The van der Waals surface area contributed by atoms with Crippen molar-refractivity contribution in [2.75, 3.05) is 6.54 Å². The molecule has 1 heterocycles. The summed E-state index contributed by atoms with van der Waals surface area (Å²) in [6.07, 6.45) is 4.65. The molecule has 0 bridgehead atoms. The molecule has 2 unspecified atom stereocenters. The summed E-state index contributed by atoms with van der Waals surface area (Å²) in [7, 11) is 0. The molecule has 2 fully saturated rings.